The number of hydrogen-bond donors (Lipinski definition) is 1. The van der Waals surface area contributed by atoms with Crippen LogP contribution in [0.3, 0.4) is 0 Å². The van der Waals surface area contributed by atoms with Crippen LogP contribution in [0, 0.1) is 11.8 Å². The van der Waals surface area contributed by atoms with Crippen LogP contribution in [0.1, 0.15) is 19.8 Å². The molecule has 1 spiro atoms. The number of amides is 3. The third kappa shape index (κ3) is 3.64. The van der Waals surface area contributed by atoms with E-state index in [2.05, 4.69) is 12.2 Å². The summed E-state index contributed by atoms with van der Waals surface area (Å²) in [6.45, 7) is 3.34. The first-order valence-corrected chi connectivity index (χ1v) is 14.1. The summed E-state index contributed by atoms with van der Waals surface area (Å²) >= 11 is 1.60. The maximum absolute atomic E-state index is 14.5. The van der Waals surface area contributed by atoms with Crippen LogP contribution in [0.4, 0.5) is 5.69 Å². The molecule has 0 aliphatic carbocycles. The van der Waals surface area contributed by atoms with Gasteiger partial charge in [-0.2, -0.15) is 0 Å². The molecule has 0 saturated carbocycles. The second-order valence-electron chi connectivity index (χ2n) is 11.0. The van der Waals surface area contributed by atoms with Crippen molar-refractivity contribution in [3.63, 3.8) is 0 Å². The Morgan fingerprint density at radius 2 is 1.68 bits per heavy atom. The number of nitrogens with zero attached hydrogens (tertiary/aromatic N) is 3. The van der Waals surface area contributed by atoms with Crippen molar-refractivity contribution in [2.24, 2.45) is 11.8 Å². The number of likely N-dealkylation sites (N-methyl/N-ethyl adjacent to an activating group) is 1. The Balaban J connectivity index is 1.46. The third-order valence-corrected chi connectivity index (χ3v) is 10.4. The fourth-order valence-corrected chi connectivity index (χ4v) is 9.01. The van der Waals surface area contributed by atoms with Gasteiger partial charge in [0.15, 0.2) is 0 Å². The van der Waals surface area contributed by atoms with Crippen LogP contribution in [0.15, 0.2) is 66.8 Å². The molecule has 4 aliphatic rings. The van der Waals surface area contributed by atoms with Crippen LogP contribution in [0.5, 0.6) is 0 Å². The lowest BCUT2D eigenvalue weighted by molar-refractivity contribution is -0.143. The van der Waals surface area contributed by atoms with E-state index < -0.39 is 27.4 Å². The standard InChI is InChI=1S/C30H33N3O4S/c1-29-13-7-15-31(2)26(35)23(29)24-27(36)33(16-5-6-18-34)25-28(37)32(17-8-14-30(24,25)38-29)22-12-11-20-9-3-4-10-21(20)19-22/h3-4,7-14,19,23-25,34H,5-6,15-18H2,1-2H3/t23-,24-,25?,29+,30-/m0/s1. The van der Waals surface area contributed by atoms with Gasteiger partial charge >= 0.3 is 0 Å². The van der Waals surface area contributed by atoms with Gasteiger partial charge in [0.1, 0.15) is 6.04 Å². The number of fused-ring (bicyclic) bond motifs is 3. The number of likely N-dealkylation sites (tertiary alicyclic amines) is 1. The Labute approximate surface area is 227 Å². The van der Waals surface area contributed by atoms with Gasteiger partial charge in [0.05, 0.1) is 16.6 Å². The Hall–Kier alpha value is -3.10. The highest BCUT2D eigenvalue weighted by Gasteiger charge is 2.73. The number of thioether (sulfide) groups is 1. The molecular formula is C30H33N3O4S. The Kier molecular flexibility index (Phi) is 6.15. The molecule has 6 rings (SSSR count). The second kappa shape index (κ2) is 9.27. The van der Waals surface area contributed by atoms with Crippen molar-refractivity contribution in [2.45, 2.75) is 35.3 Å². The summed E-state index contributed by atoms with van der Waals surface area (Å²) < 4.78 is -1.45. The lowest BCUT2D eigenvalue weighted by Crippen LogP contribution is -2.53. The number of benzene rings is 2. The molecule has 198 valence electrons. The molecule has 2 aromatic rings. The molecule has 1 N–H and O–H groups in total. The van der Waals surface area contributed by atoms with Crippen molar-refractivity contribution < 1.29 is 19.5 Å². The average Bonchev–Trinajstić information content (AvgIpc) is 3.18. The molecule has 5 atom stereocenters. The smallest absolute Gasteiger partial charge is 0.251 e. The Morgan fingerprint density at radius 1 is 0.921 bits per heavy atom. The maximum Gasteiger partial charge on any atom is 0.251 e. The number of unbranched alkanes of at least 4 members (excludes halogenated alkanes) is 1. The first-order valence-electron chi connectivity index (χ1n) is 13.3. The molecule has 2 saturated heterocycles. The summed E-state index contributed by atoms with van der Waals surface area (Å²) in [7, 11) is 1.78. The Morgan fingerprint density at radius 3 is 2.47 bits per heavy atom. The molecule has 8 heteroatoms. The van der Waals surface area contributed by atoms with Crippen molar-refractivity contribution in [1.82, 2.24) is 9.80 Å². The summed E-state index contributed by atoms with van der Waals surface area (Å²) in [6, 6.07) is 13.3. The van der Waals surface area contributed by atoms with Crippen molar-refractivity contribution >= 4 is 45.9 Å². The van der Waals surface area contributed by atoms with Crippen LogP contribution in [0.2, 0.25) is 0 Å². The molecule has 3 amide bonds. The van der Waals surface area contributed by atoms with E-state index in [1.165, 1.54) is 0 Å². The predicted octanol–water partition coefficient (Wildman–Crippen LogP) is 3.23. The molecule has 1 unspecified atom stereocenters. The highest BCUT2D eigenvalue weighted by atomic mass is 32.2. The van der Waals surface area contributed by atoms with Gasteiger partial charge in [0, 0.05) is 43.7 Å². The minimum Gasteiger partial charge on any atom is -0.396 e. The van der Waals surface area contributed by atoms with E-state index in [1.54, 1.807) is 33.5 Å². The van der Waals surface area contributed by atoms with Gasteiger partial charge in [-0.25, -0.2) is 0 Å². The monoisotopic (exact) mass is 531 g/mol. The van der Waals surface area contributed by atoms with E-state index in [4.69, 9.17) is 0 Å². The van der Waals surface area contributed by atoms with Crippen molar-refractivity contribution in [1.29, 1.82) is 0 Å². The van der Waals surface area contributed by atoms with Crippen LogP contribution >= 0.6 is 11.8 Å². The molecule has 2 aromatic carbocycles. The van der Waals surface area contributed by atoms with Gasteiger partial charge in [-0.05, 0) is 42.7 Å². The number of carbonyl (C=O) groups is 3. The SMILES string of the molecule is CN1CC=C[C@@]2(C)S[C@]34C=CCN(c5ccc6ccccc6c5)C(=O)C3N(CCCCO)C(=O)[C@@H]4[C@H]2C1=O. The third-order valence-electron chi connectivity index (χ3n) is 8.61. The predicted molar refractivity (Wildman–Crippen MR) is 150 cm³/mol. The molecule has 0 radical (unpaired) electrons. The Bertz CT molecular complexity index is 1370. The second-order valence-corrected chi connectivity index (χ2v) is 12.8. The summed E-state index contributed by atoms with van der Waals surface area (Å²) in [6.07, 6.45) is 9.27. The molecule has 2 fully saturated rings. The number of hydrogen-bond acceptors (Lipinski definition) is 5. The molecule has 4 aliphatic heterocycles. The normalized spacial score (nSPS) is 32.4. The van der Waals surface area contributed by atoms with Crippen LogP contribution in [0.25, 0.3) is 10.8 Å². The summed E-state index contributed by atoms with van der Waals surface area (Å²) in [4.78, 5) is 47.6. The lowest BCUT2D eigenvalue weighted by atomic mass is 9.74. The molecule has 7 nitrogen and oxygen atoms in total. The van der Waals surface area contributed by atoms with E-state index in [0.717, 1.165) is 16.5 Å². The fraction of sp³-hybridized carbons (Fsp3) is 0.433. The van der Waals surface area contributed by atoms with Crippen molar-refractivity contribution in [3.8, 4) is 0 Å². The minimum absolute atomic E-state index is 0.0296. The van der Waals surface area contributed by atoms with Gasteiger partial charge in [0.2, 0.25) is 11.8 Å². The summed E-state index contributed by atoms with van der Waals surface area (Å²) in [5.74, 6) is -1.50. The quantitative estimate of drug-likeness (QED) is 0.473. The molecule has 0 aromatic heterocycles. The zero-order chi connectivity index (χ0) is 26.7. The molecule has 38 heavy (non-hydrogen) atoms. The number of aliphatic hydroxyl groups is 1. The van der Waals surface area contributed by atoms with Gasteiger partial charge in [-0.3, -0.25) is 14.4 Å². The van der Waals surface area contributed by atoms with Gasteiger partial charge in [-0.15, -0.1) is 11.8 Å². The van der Waals surface area contributed by atoms with E-state index in [9.17, 15) is 19.5 Å². The molecule has 4 heterocycles. The topological polar surface area (TPSA) is 81.2 Å². The van der Waals surface area contributed by atoms with E-state index in [1.807, 2.05) is 61.5 Å². The summed E-state index contributed by atoms with van der Waals surface area (Å²) in [5.41, 5.74) is 0.792. The van der Waals surface area contributed by atoms with E-state index >= 15 is 0 Å². The highest BCUT2D eigenvalue weighted by molar-refractivity contribution is 8.02. The van der Waals surface area contributed by atoms with E-state index in [0.29, 0.717) is 32.5 Å². The number of rotatable bonds is 5. The maximum atomic E-state index is 14.5. The van der Waals surface area contributed by atoms with Crippen LogP contribution in [-0.4, -0.2) is 81.5 Å². The van der Waals surface area contributed by atoms with Gasteiger partial charge in [-0.1, -0.05) is 54.6 Å². The zero-order valence-corrected chi connectivity index (χ0v) is 22.6. The average molecular weight is 532 g/mol. The fourth-order valence-electron chi connectivity index (χ4n) is 6.85. The number of carbonyl (C=O) groups excluding carboxylic acids is 3. The largest absolute Gasteiger partial charge is 0.396 e. The first-order chi connectivity index (χ1) is 18.3. The minimum atomic E-state index is -0.851. The molecule has 0 bridgehead atoms. The zero-order valence-electron chi connectivity index (χ0n) is 21.7. The van der Waals surface area contributed by atoms with E-state index in [-0.39, 0.29) is 24.3 Å². The summed E-state index contributed by atoms with van der Waals surface area (Å²) in [5, 5.41) is 11.5. The van der Waals surface area contributed by atoms with Crippen LogP contribution < -0.4 is 4.90 Å². The van der Waals surface area contributed by atoms with Crippen molar-refractivity contribution in [2.75, 3.05) is 38.2 Å². The first kappa shape index (κ1) is 25.2. The lowest BCUT2D eigenvalue weighted by Gasteiger charge is -2.37. The highest BCUT2D eigenvalue weighted by Crippen LogP contribution is 2.65. The number of anilines is 1. The molecular weight excluding hydrogens is 498 g/mol. The van der Waals surface area contributed by atoms with Gasteiger partial charge < -0.3 is 19.8 Å². The van der Waals surface area contributed by atoms with Crippen molar-refractivity contribution in [3.05, 3.63) is 66.8 Å². The van der Waals surface area contributed by atoms with Gasteiger partial charge in [0.25, 0.3) is 5.91 Å². The number of aliphatic hydroxyl groups excluding tert-OH is 1. The van der Waals surface area contributed by atoms with Crippen LogP contribution in [-0.2, 0) is 14.4 Å².